The molecule has 4 rings (SSSR count). The molecule has 2 N–H and O–H groups in total. The zero-order chi connectivity index (χ0) is 24.5. The summed E-state index contributed by atoms with van der Waals surface area (Å²) < 4.78 is 7.53. The van der Waals surface area contributed by atoms with Crippen LogP contribution in [-0.4, -0.2) is 44.2 Å². The number of rotatable bonds is 12. The van der Waals surface area contributed by atoms with Crippen molar-refractivity contribution in [1.29, 1.82) is 0 Å². The highest BCUT2D eigenvalue weighted by Crippen LogP contribution is 2.21. The van der Waals surface area contributed by atoms with E-state index in [1.807, 2.05) is 65.7 Å². The highest BCUT2D eigenvalue weighted by atomic mass is 16.5. The first-order chi connectivity index (χ1) is 17.1. The van der Waals surface area contributed by atoms with Crippen molar-refractivity contribution in [3.63, 3.8) is 0 Å². The van der Waals surface area contributed by atoms with Crippen molar-refractivity contribution in [1.82, 2.24) is 19.9 Å². The molecule has 0 aliphatic carbocycles. The van der Waals surface area contributed by atoms with Gasteiger partial charge in [-0.15, -0.1) is 5.10 Å². The number of aryl methyl sites for hydroxylation is 1. The Bertz CT molecular complexity index is 1100. The van der Waals surface area contributed by atoms with Crippen molar-refractivity contribution in [3.8, 4) is 0 Å². The third-order valence-electron chi connectivity index (χ3n) is 6.33. The average Bonchev–Trinajstić information content (AvgIpc) is 3.52. The molecule has 2 aromatic carbocycles. The summed E-state index contributed by atoms with van der Waals surface area (Å²) >= 11 is 0. The lowest BCUT2D eigenvalue weighted by Crippen LogP contribution is -2.38. The van der Waals surface area contributed by atoms with Crippen LogP contribution in [-0.2, 0) is 40.5 Å². The zero-order valence-electron chi connectivity index (χ0n) is 20.0. The van der Waals surface area contributed by atoms with Crippen LogP contribution in [0.5, 0.6) is 0 Å². The maximum atomic E-state index is 12.8. The van der Waals surface area contributed by atoms with E-state index in [4.69, 9.17) is 10.5 Å². The summed E-state index contributed by atoms with van der Waals surface area (Å²) in [7, 11) is 0. The van der Waals surface area contributed by atoms with E-state index in [9.17, 15) is 9.59 Å². The van der Waals surface area contributed by atoms with E-state index in [1.165, 1.54) is 0 Å². The number of carbonyl (C=O) groups excluding carboxylic acids is 2. The van der Waals surface area contributed by atoms with Gasteiger partial charge in [-0.3, -0.25) is 14.3 Å². The minimum absolute atomic E-state index is 0.0415. The van der Waals surface area contributed by atoms with Crippen LogP contribution in [0.2, 0.25) is 0 Å². The molecule has 35 heavy (non-hydrogen) atoms. The first-order valence-corrected chi connectivity index (χ1v) is 12.2. The van der Waals surface area contributed by atoms with E-state index >= 15 is 0 Å². The molecule has 1 aliphatic heterocycles. The Hall–Kier alpha value is -3.52. The molecule has 0 bridgehead atoms. The summed E-state index contributed by atoms with van der Waals surface area (Å²) in [4.78, 5) is 27.1. The number of nitrogen functional groups attached to an aromatic ring is 1. The highest BCUT2D eigenvalue weighted by Gasteiger charge is 2.29. The molecule has 1 aromatic heterocycles. The molecule has 1 amide bonds. The van der Waals surface area contributed by atoms with Crippen molar-refractivity contribution in [3.05, 3.63) is 77.6 Å². The Kier molecular flexibility index (Phi) is 8.62. The van der Waals surface area contributed by atoms with Gasteiger partial charge in [-0.2, -0.15) is 0 Å². The Morgan fingerprint density at radius 2 is 1.77 bits per heavy atom. The summed E-state index contributed by atoms with van der Waals surface area (Å²) in [6.07, 6.45) is 5.42. The van der Waals surface area contributed by atoms with Gasteiger partial charge in [-0.25, -0.2) is 0 Å². The largest absolute Gasteiger partial charge is 0.399 e. The van der Waals surface area contributed by atoms with Crippen molar-refractivity contribution >= 4 is 17.4 Å². The van der Waals surface area contributed by atoms with Gasteiger partial charge in [0.05, 0.1) is 32.0 Å². The van der Waals surface area contributed by atoms with Gasteiger partial charge in [0, 0.05) is 31.5 Å². The minimum Gasteiger partial charge on any atom is -0.399 e. The number of hydrogen-bond donors (Lipinski definition) is 1. The Balaban J connectivity index is 1.19. The summed E-state index contributed by atoms with van der Waals surface area (Å²) in [6.45, 7) is 2.24. The van der Waals surface area contributed by atoms with Gasteiger partial charge in [0.2, 0.25) is 5.91 Å². The molecule has 1 atom stereocenters. The monoisotopic (exact) mass is 475 g/mol. The second kappa shape index (κ2) is 12.3. The predicted molar refractivity (Wildman–Crippen MR) is 133 cm³/mol. The molecule has 1 fully saturated rings. The van der Waals surface area contributed by atoms with Crippen LogP contribution in [0.3, 0.4) is 0 Å². The number of ether oxygens (including phenoxy) is 1. The van der Waals surface area contributed by atoms with Crippen LogP contribution < -0.4 is 5.73 Å². The number of nitrogens with zero attached hydrogens (tertiary/aromatic N) is 4. The van der Waals surface area contributed by atoms with Gasteiger partial charge in [-0.1, -0.05) is 47.7 Å². The van der Waals surface area contributed by atoms with Crippen molar-refractivity contribution in [2.45, 2.75) is 64.3 Å². The van der Waals surface area contributed by atoms with Gasteiger partial charge < -0.3 is 15.4 Å². The molecule has 0 saturated carbocycles. The van der Waals surface area contributed by atoms with E-state index in [-0.39, 0.29) is 30.6 Å². The lowest BCUT2D eigenvalue weighted by atomic mass is 10.0. The number of Topliss-reactive ketones (excluding diaryl/α,β-unsaturated/α-hetero) is 1. The molecule has 0 radical (unpaired) electrons. The summed E-state index contributed by atoms with van der Waals surface area (Å²) in [5.74, 6) is 0.155. The third kappa shape index (κ3) is 7.48. The molecular formula is C27H33N5O3. The second-order valence-corrected chi connectivity index (χ2v) is 9.07. The topological polar surface area (TPSA) is 103 Å². The van der Waals surface area contributed by atoms with Gasteiger partial charge in [0.15, 0.2) is 0 Å². The van der Waals surface area contributed by atoms with E-state index < -0.39 is 0 Å². The number of carbonyl (C=O) groups is 2. The van der Waals surface area contributed by atoms with Crippen molar-refractivity contribution in [2.75, 3.05) is 12.3 Å². The molecule has 184 valence electrons. The normalized spacial score (nSPS) is 15.4. The molecule has 2 heterocycles. The Labute approximate surface area is 206 Å². The number of hydrogen-bond acceptors (Lipinski definition) is 6. The Morgan fingerprint density at radius 1 is 0.971 bits per heavy atom. The molecule has 1 unspecified atom stereocenters. The summed E-state index contributed by atoms with van der Waals surface area (Å²) in [6, 6.07) is 17.6. The van der Waals surface area contributed by atoms with Crippen molar-refractivity contribution < 1.29 is 14.3 Å². The maximum Gasteiger partial charge on any atom is 0.223 e. The number of nitrogens with two attached hydrogens (primary N) is 1. The Morgan fingerprint density at radius 3 is 2.57 bits per heavy atom. The number of anilines is 1. The van der Waals surface area contributed by atoms with Gasteiger partial charge in [0.1, 0.15) is 11.5 Å². The van der Waals surface area contributed by atoms with Crippen LogP contribution in [0.15, 0.2) is 60.8 Å². The summed E-state index contributed by atoms with van der Waals surface area (Å²) in [5, 5.41) is 8.42. The lowest BCUT2D eigenvalue weighted by molar-refractivity contribution is -0.134. The maximum absolute atomic E-state index is 12.8. The van der Waals surface area contributed by atoms with Crippen molar-refractivity contribution in [2.24, 2.45) is 0 Å². The molecule has 1 aliphatic rings. The first kappa shape index (κ1) is 24.6. The second-order valence-electron chi connectivity index (χ2n) is 9.07. The number of likely N-dealkylation sites (tertiary alicyclic amines) is 1. The minimum atomic E-state index is 0.0415. The fourth-order valence-corrected chi connectivity index (χ4v) is 4.39. The first-order valence-electron chi connectivity index (χ1n) is 12.2. The van der Waals surface area contributed by atoms with Crippen LogP contribution in [0, 0.1) is 0 Å². The highest BCUT2D eigenvalue weighted by molar-refractivity contribution is 5.85. The molecule has 8 heteroatoms. The van der Waals surface area contributed by atoms with Gasteiger partial charge >= 0.3 is 0 Å². The van der Waals surface area contributed by atoms with Crippen LogP contribution in [0.25, 0.3) is 0 Å². The average molecular weight is 476 g/mol. The molecule has 1 saturated heterocycles. The predicted octanol–water partition coefficient (Wildman–Crippen LogP) is 3.55. The standard InChI is InChI=1S/C27H33N5O3/c28-23-11-8-21(9-12-23)10-13-26(33)14-15-27(34)32-16-4-7-25(32)18-31-17-24(29-30-31)20-35-19-22-5-2-1-3-6-22/h1-3,5-6,8-9,11-12,17,25H,4,7,10,13-16,18-20,28H2. The van der Waals surface area contributed by atoms with Crippen LogP contribution >= 0.6 is 0 Å². The quantitative estimate of drug-likeness (QED) is 0.402. The zero-order valence-corrected chi connectivity index (χ0v) is 20.0. The van der Waals surface area contributed by atoms with E-state index in [0.29, 0.717) is 38.3 Å². The number of ketones is 1. The van der Waals surface area contributed by atoms with E-state index in [2.05, 4.69) is 10.3 Å². The van der Waals surface area contributed by atoms with Gasteiger partial charge in [0.25, 0.3) is 0 Å². The molecule has 3 aromatic rings. The van der Waals surface area contributed by atoms with Crippen LogP contribution in [0.4, 0.5) is 5.69 Å². The van der Waals surface area contributed by atoms with E-state index in [0.717, 1.165) is 36.2 Å². The molecular weight excluding hydrogens is 442 g/mol. The lowest BCUT2D eigenvalue weighted by Gasteiger charge is -2.24. The summed E-state index contributed by atoms with van der Waals surface area (Å²) in [5.41, 5.74) is 9.37. The fourth-order valence-electron chi connectivity index (χ4n) is 4.39. The molecule has 8 nitrogen and oxygen atoms in total. The smallest absolute Gasteiger partial charge is 0.223 e. The number of amides is 1. The third-order valence-corrected chi connectivity index (χ3v) is 6.33. The number of benzene rings is 2. The fraction of sp³-hybridized carbons (Fsp3) is 0.407. The molecule has 0 spiro atoms. The van der Waals surface area contributed by atoms with Gasteiger partial charge in [-0.05, 0) is 42.5 Å². The van der Waals surface area contributed by atoms with E-state index in [1.54, 1.807) is 4.68 Å². The number of aromatic nitrogens is 3. The van der Waals surface area contributed by atoms with Crippen LogP contribution in [0.1, 0.15) is 48.9 Å². The SMILES string of the molecule is Nc1ccc(CCC(=O)CCC(=O)N2CCCC2Cn2cc(COCc3ccccc3)nn2)cc1.